The minimum Gasteiger partial charge on any atom is -0.353 e. The summed E-state index contributed by atoms with van der Waals surface area (Å²) in [6.45, 7) is 7.23. The van der Waals surface area contributed by atoms with Crippen molar-refractivity contribution in [3.05, 3.63) is 23.9 Å². The molecule has 0 unspecified atom stereocenters. The number of pyridine rings is 1. The molecule has 0 bridgehead atoms. The Labute approximate surface area is 90.9 Å². The van der Waals surface area contributed by atoms with Gasteiger partial charge in [0.1, 0.15) is 5.82 Å². The zero-order valence-electron chi connectivity index (χ0n) is 9.00. The first-order chi connectivity index (χ1) is 6.66. The lowest BCUT2D eigenvalue weighted by Crippen LogP contribution is -2.33. The fourth-order valence-electron chi connectivity index (χ4n) is 1.48. The summed E-state index contributed by atoms with van der Waals surface area (Å²) in [5, 5.41) is 0. The van der Waals surface area contributed by atoms with E-state index in [1.165, 1.54) is 5.56 Å². The first-order valence-corrected chi connectivity index (χ1v) is 5.44. The second-order valence-corrected chi connectivity index (χ2v) is 4.00. The van der Waals surface area contributed by atoms with Crippen LogP contribution in [-0.4, -0.2) is 23.5 Å². The van der Waals surface area contributed by atoms with Gasteiger partial charge in [0.25, 0.3) is 0 Å². The van der Waals surface area contributed by atoms with Crippen molar-refractivity contribution in [1.29, 1.82) is 0 Å². The van der Waals surface area contributed by atoms with E-state index in [1.807, 2.05) is 12.3 Å². The van der Waals surface area contributed by atoms with Crippen LogP contribution in [0.25, 0.3) is 0 Å². The SMILES string of the molecule is Cc1cccnc1N(CCCl)C(C)C. The molecule has 0 saturated carbocycles. The maximum absolute atomic E-state index is 5.77. The molecule has 1 rings (SSSR count). The van der Waals surface area contributed by atoms with Crippen LogP contribution in [0.2, 0.25) is 0 Å². The highest BCUT2D eigenvalue weighted by atomic mass is 35.5. The molecule has 2 nitrogen and oxygen atoms in total. The first-order valence-electron chi connectivity index (χ1n) is 4.91. The van der Waals surface area contributed by atoms with Gasteiger partial charge in [-0.1, -0.05) is 6.07 Å². The van der Waals surface area contributed by atoms with E-state index in [9.17, 15) is 0 Å². The number of halogens is 1. The minimum atomic E-state index is 0.433. The van der Waals surface area contributed by atoms with Crippen LogP contribution in [0, 0.1) is 6.92 Å². The van der Waals surface area contributed by atoms with Crippen molar-refractivity contribution < 1.29 is 0 Å². The fourth-order valence-corrected chi connectivity index (χ4v) is 1.66. The summed E-state index contributed by atoms with van der Waals surface area (Å²) >= 11 is 5.77. The molecule has 0 aromatic carbocycles. The number of aryl methyl sites for hydroxylation is 1. The van der Waals surface area contributed by atoms with Crippen LogP contribution in [0.3, 0.4) is 0 Å². The van der Waals surface area contributed by atoms with Gasteiger partial charge in [-0.2, -0.15) is 0 Å². The Kier molecular flexibility index (Phi) is 4.21. The Bertz CT molecular complexity index is 286. The molecule has 0 aliphatic rings. The molecular formula is C11H17ClN2. The normalized spacial score (nSPS) is 10.6. The van der Waals surface area contributed by atoms with Gasteiger partial charge in [-0.3, -0.25) is 0 Å². The molecule has 3 heteroatoms. The van der Waals surface area contributed by atoms with E-state index in [1.54, 1.807) is 0 Å². The summed E-state index contributed by atoms with van der Waals surface area (Å²) in [5.74, 6) is 1.68. The summed E-state index contributed by atoms with van der Waals surface area (Å²) in [6, 6.07) is 4.46. The Balaban J connectivity index is 2.93. The molecule has 1 heterocycles. The molecule has 0 N–H and O–H groups in total. The topological polar surface area (TPSA) is 16.1 Å². The molecule has 1 aromatic rings. The van der Waals surface area contributed by atoms with Gasteiger partial charge >= 0.3 is 0 Å². The van der Waals surface area contributed by atoms with E-state index in [-0.39, 0.29) is 0 Å². The summed E-state index contributed by atoms with van der Waals surface area (Å²) in [6.07, 6.45) is 1.83. The molecule has 0 atom stereocenters. The van der Waals surface area contributed by atoms with E-state index in [0.29, 0.717) is 11.9 Å². The number of anilines is 1. The van der Waals surface area contributed by atoms with Crippen molar-refractivity contribution in [2.45, 2.75) is 26.8 Å². The second kappa shape index (κ2) is 5.20. The van der Waals surface area contributed by atoms with Crippen LogP contribution in [0.1, 0.15) is 19.4 Å². The number of rotatable bonds is 4. The van der Waals surface area contributed by atoms with Crippen LogP contribution >= 0.6 is 11.6 Å². The summed E-state index contributed by atoms with van der Waals surface area (Å²) in [7, 11) is 0. The van der Waals surface area contributed by atoms with Crippen molar-refractivity contribution in [2.75, 3.05) is 17.3 Å². The molecule has 78 valence electrons. The van der Waals surface area contributed by atoms with E-state index >= 15 is 0 Å². The highest BCUT2D eigenvalue weighted by Gasteiger charge is 2.12. The Morgan fingerprint density at radius 3 is 2.71 bits per heavy atom. The minimum absolute atomic E-state index is 0.433. The van der Waals surface area contributed by atoms with Crippen LogP contribution in [0.15, 0.2) is 18.3 Å². The average Bonchev–Trinajstić information content (AvgIpc) is 2.15. The van der Waals surface area contributed by atoms with Gasteiger partial charge in [-0.05, 0) is 32.4 Å². The molecule has 0 radical (unpaired) electrons. The Morgan fingerprint density at radius 2 is 2.21 bits per heavy atom. The van der Waals surface area contributed by atoms with Crippen molar-refractivity contribution in [2.24, 2.45) is 0 Å². The maximum Gasteiger partial charge on any atom is 0.131 e. The lowest BCUT2D eigenvalue weighted by Gasteiger charge is -2.28. The lowest BCUT2D eigenvalue weighted by atomic mass is 10.2. The smallest absolute Gasteiger partial charge is 0.131 e. The van der Waals surface area contributed by atoms with Crippen LogP contribution < -0.4 is 4.90 Å². The number of hydrogen-bond donors (Lipinski definition) is 0. The maximum atomic E-state index is 5.77. The molecule has 0 aliphatic heterocycles. The fraction of sp³-hybridized carbons (Fsp3) is 0.545. The Morgan fingerprint density at radius 1 is 1.50 bits per heavy atom. The molecule has 0 saturated heterocycles. The van der Waals surface area contributed by atoms with Gasteiger partial charge in [0.15, 0.2) is 0 Å². The highest BCUT2D eigenvalue weighted by molar-refractivity contribution is 6.18. The zero-order chi connectivity index (χ0) is 10.6. The third kappa shape index (κ3) is 2.61. The summed E-state index contributed by atoms with van der Waals surface area (Å²) < 4.78 is 0. The Hall–Kier alpha value is -0.760. The predicted octanol–water partition coefficient (Wildman–Crippen LogP) is 2.84. The van der Waals surface area contributed by atoms with Gasteiger partial charge in [0.05, 0.1) is 0 Å². The largest absolute Gasteiger partial charge is 0.353 e. The number of nitrogens with zero attached hydrogens (tertiary/aromatic N) is 2. The van der Waals surface area contributed by atoms with Gasteiger partial charge in [-0.15, -0.1) is 11.6 Å². The lowest BCUT2D eigenvalue weighted by molar-refractivity contribution is 0.693. The van der Waals surface area contributed by atoms with Crippen LogP contribution in [0.4, 0.5) is 5.82 Å². The highest BCUT2D eigenvalue weighted by Crippen LogP contribution is 2.18. The zero-order valence-corrected chi connectivity index (χ0v) is 9.75. The monoisotopic (exact) mass is 212 g/mol. The van der Waals surface area contributed by atoms with Crippen molar-refractivity contribution in [1.82, 2.24) is 4.98 Å². The molecular weight excluding hydrogens is 196 g/mol. The number of hydrogen-bond acceptors (Lipinski definition) is 2. The molecule has 0 fully saturated rings. The van der Waals surface area contributed by atoms with Gasteiger partial charge in [0.2, 0.25) is 0 Å². The third-order valence-electron chi connectivity index (χ3n) is 2.20. The summed E-state index contributed by atoms with van der Waals surface area (Å²) in [4.78, 5) is 6.61. The second-order valence-electron chi connectivity index (χ2n) is 3.62. The van der Waals surface area contributed by atoms with Gasteiger partial charge in [0, 0.05) is 24.7 Å². The third-order valence-corrected chi connectivity index (χ3v) is 2.37. The van der Waals surface area contributed by atoms with Crippen molar-refractivity contribution >= 4 is 17.4 Å². The van der Waals surface area contributed by atoms with Crippen molar-refractivity contribution in [3.63, 3.8) is 0 Å². The van der Waals surface area contributed by atoms with E-state index < -0.39 is 0 Å². The van der Waals surface area contributed by atoms with Crippen molar-refractivity contribution in [3.8, 4) is 0 Å². The van der Waals surface area contributed by atoms with Crippen LogP contribution in [-0.2, 0) is 0 Å². The average molecular weight is 213 g/mol. The number of aromatic nitrogens is 1. The first kappa shape index (κ1) is 11.3. The van der Waals surface area contributed by atoms with E-state index in [2.05, 4.69) is 36.7 Å². The molecule has 0 aliphatic carbocycles. The predicted molar refractivity (Wildman–Crippen MR) is 62.2 cm³/mol. The van der Waals surface area contributed by atoms with Gasteiger partial charge < -0.3 is 4.90 Å². The van der Waals surface area contributed by atoms with Gasteiger partial charge in [-0.25, -0.2) is 4.98 Å². The molecule has 14 heavy (non-hydrogen) atoms. The molecule has 0 amide bonds. The van der Waals surface area contributed by atoms with E-state index in [4.69, 9.17) is 11.6 Å². The molecule has 1 aromatic heterocycles. The summed E-state index contributed by atoms with van der Waals surface area (Å²) in [5.41, 5.74) is 1.20. The quantitative estimate of drug-likeness (QED) is 0.714. The van der Waals surface area contributed by atoms with E-state index in [0.717, 1.165) is 12.4 Å². The van der Waals surface area contributed by atoms with Crippen LogP contribution in [0.5, 0.6) is 0 Å². The standard InChI is InChI=1S/C11H17ClN2/c1-9(2)14(8-6-12)11-10(3)5-4-7-13-11/h4-5,7,9H,6,8H2,1-3H3. The number of alkyl halides is 1. The molecule has 0 spiro atoms.